The molecule has 0 fully saturated rings. The third-order valence-electron chi connectivity index (χ3n) is 3.35. The van der Waals surface area contributed by atoms with Gasteiger partial charge in [0, 0.05) is 21.8 Å². The number of ketones is 1. The van der Waals surface area contributed by atoms with Crippen molar-refractivity contribution in [3.8, 4) is 11.3 Å². The lowest BCUT2D eigenvalue weighted by atomic mass is 10.1. The number of benzene rings is 2. The summed E-state index contributed by atoms with van der Waals surface area (Å²) in [6, 6.07) is 16.1. The monoisotopic (exact) mass is 323 g/mol. The summed E-state index contributed by atoms with van der Waals surface area (Å²) in [6.45, 7) is 0. The van der Waals surface area contributed by atoms with E-state index in [1.807, 2.05) is 30.3 Å². The first-order valence-electron chi connectivity index (χ1n) is 7.01. The Hall–Kier alpha value is -2.85. The van der Waals surface area contributed by atoms with Gasteiger partial charge in [0.2, 0.25) is 0 Å². The minimum absolute atomic E-state index is 0.0901. The quantitative estimate of drug-likeness (QED) is 0.429. The lowest BCUT2D eigenvalue weighted by molar-refractivity contribution is 0.104. The first-order valence-corrected chi connectivity index (χ1v) is 7.39. The molecular formula is C18H14ClN3O. The Morgan fingerprint density at radius 3 is 2.48 bits per heavy atom. The van der Waals surface area contributed by atoms with E-state index in [4.69, 9.17) is 17.3 Å². The van der Waals surface area contributed by atoms with Gasteiger partial charge in [0.25, 0.3) is 0 Å². The fourth-order valence-corrected chi connectivity index (χ4v) is 2.23. The predicted octanol–water partition coefficient (Wildman–Crippen LogP) is 4.21. The minimum atomic E-state index is -0.0901. The Bertz CT molecular complexity index is 849. The van der Waals surface area contributed by atoms with Gasteiger partial charge in [-0.2, -0.15) is 5.10 Å². The number of anilines is 1. The summed E-state index contributed by atoms with van der Waals surface area (Å²) in [7, 11) is 0. The number of carbonyl (C=O) groups excluding carboxylic acids is 1. The lowest BCUT2D eigenvalue weighted by Crippen LogP contribution is -1.94. The van der Waals surface area contributed by atoms with Crippen LogP contribution in [0, 0.1) is 0 Å². The topological polar surface area (TPSA) is 71.8 Å². The van der Waals surface area contributed by atoms with Gasteiger partial charge in [-0.3, -0.25) is 9.89 Å². The lowest BCUT2D eigenvalue weighted by Gasteiger charge is -1.96. The molecule has 5 heteroatoms. The summed E-state index contributed by atoms with van der Waals surface area (Å²) in [5.74, 6) is -0.0901. The number of aromatic nitrogens is 2. The van der Waals surface area contributed by atoms with Crippen LogP contribution in [0.15, 0.2) is 60.7 Å². The second-order valence-electron chi connectivity index (χ2n) is 5.04. The third kappa shape index (κ3) is 3.67. The van der Waals surface area contributed by atoms with E-state index in [0.29, 0.717) is 16.3 Å². The molecule has 0 bridgehead atoms. The van der Waals surface area contributed by atoms with Crippen molar-refractivity contribution in [2.75, 3.05) is 5.73 Å². The average Bonchev–Trinajstić information content (AvgIpc) is 3.03. The van der Waals surface area contributed by atoms with Crippen LogP contribution in [-0.2, 0) is 0 Å². The van der Waals surface area contributed by atoms with Crippen molar-refractivity contribution < 1.29 is 4.79 Å². The number of hydrogen-bond donors (Lipinski definition) is 2. The van der Waals surface area contributed by atoms with Gasteiger partial charge >= 0.3 is 0 Å². The van der Waals surface area contributed by atoms with Crippen LogP contribution in [0.25, 0.3) is 17.3 Å². The molecule has 3 aromatic rings. The Labute approximate surface area is 138 Å². The number of nitrogen functional groups attached to an aromatic ring is 1. The normalized spacial score (nSPS) is 11.0. The van der Waals surface area contributed by atoms with Crippen molar-refractivity contribution in [3.63, 3.8) is 0 Å². The second-order valence-corrected chi connectivity index (χ2v) is 5.47. The first-order chi connectivity index (χ1) is 11.1. The standard InChI is InChI=1S/C18H14ClN3O/c19-14-5-1-12(2-6-14)17-11-16(21-22-17)9-10-18(23)13-3-7-15(20)8-4-13/h1-11H,20H2,(H,21,22). The van der Waals surface area contributed by atoms with E-state index >= 15 is 0 Å². The van der Waals surface area contributed by atoms with Gasteiger partial charge in [0.15, 0.2) is 5.78 Å². The van der Waals surface area contributed by atoms with E-state index in [0.717, 1.165) is 17.0 Å². The van der Waals surface area contributed by atoms with Crippen LogP contribution in [0.4, 0.5) is 5.69 Å². The molecule has 0 unspecified atom stereocenters. The molecule has 0 radical (unpaired) electrons. The van der Waals surface area contributed by atoms with Crippen molar-refractivity contribution in [2.24, 2.45) is 0 Å². The molecule has 1 heterocycles. The molecule has 0 atom stereocenters. The molecule has 1 aromatic heterocycles. The Kier molecular flexibility index (Phi) is 4.26. The Balaban J connectivity index is 1.74. The largest absolute Gasteiger partial charge is 0.399 e. The minimum Gasteiger partial charge on any atom is -0.399 e. The number of aromatic amines is 1. The van der Waals surface area contributed by atoms with E-state index in [1.165, 1.54) is 6.08 Å². The van der Waals surface area contributed by atoms with Crippen LogP contribution in [-0.4, -0.2) is 16.0 Å². The Morgan fingerprint density at radius 1 is 1.09 bits per heavy atom. The van der Waals surface area contributed by atoms with Gasteiger partial charge in [0.05, 0.1) is 11.4 Å². The number of halogens is 1. The fraction of sp³-hybridized carbons (Fsp3) is 0. The van der Waals surface area contributed by atoms with Crippen molar-refractivity contribution in [2.45, 2.75) is 0 Å². The van der Waals surface area contributed by atoms with Gasteiger partial charge in [-0.1, -0.05) is 23.7 Å². The molecule has 0 aliphatic rings. The first kappa shape index (κ1) is 15.1. The summed E-state index contributed by atoms with van der Waals surface area (Å²) in [4.78, 5) is 12.1. The van der Waals surface area contributed by atoms with E-state index in [9.17, 15) is 4.79 Å². The number of nitrogens with zero attached hydrogens (tertiary/aromatic N) is 1. The maximum Gasteiger partial charge on any atom is 0.185 e. The van der Waals surface area contributed by atoms with Crippen LogP contribution in [0.5, 0.6) is 0 Å². The maximum atomic E-state index is 12.1. The summed E-state index contributed by atoms with van der Waals surface area (Å²) in [5, 5.41) is 7.80. The second kappa shape index (κ2) is 6.50. The molecule has 4 nitrogen and oxygen atoms in total. The molecule has 0 saturated carbocycles. The van der Waals surface area contributed by atoms with Crippen LogP contribution in [0.3, 0.4) is 0 Å². The molecule has 23 heavy (non-hydrogen) atoms. The zero-order valence-electron chi connectivity index (χ0n) is 12.2. The van der Waals surface area contributed by atoms with E-state index in [2.05, 4.69) is 10.2 Å². The van der Waals surface area contributed by atoms with E-state index < -0.39 is 0 Å². The molecule has 2 aromatic carbocycles. The van der Waals surface area contributed by atoms with Gasteiger partial charge in [0.1, 0.15) is 0 Å². The number of hydrogen-bond acceptors (Lipinski definition) is 3. The highest BCUT2D eigenvalue weighted by atomic mass is 35.5. The Morgan fingerprint density at radius 2 is 1.78 bits per heavy atom. The van der Waals surface area contributed by atoms with Crippen LogP contribution >= 0.6 is 11.6 Å². The van der Waals surface area contributed by atoms with Gasteiger partial charge in [-0.25, -0.2) is 0 Å². The highest BCUT2D eigenvalue weighted by Crippen LogP contribution is 2.20. The fourth-order valence-electron chi connectivity index (χ4n) is 2.10. The molecule has 114 valence electrons. The van der Waals surface area contributed by atoms with Crippen molar-refractivity contribution in [3.05, 3.63) is 77.0 Å². The highest BCUT2D eigenvalue weighted by molar-refractivity contribution is 6.30. The number of rotatable bonds is 4. The summed E-state index contributed by atoms with van der Waals surface area (Å²) in [5.41, 5.74) is 9.33. The van der Waals surface area contributed by atoms with Crippen molar-refractivity contribution >= 4 is 29.1 Å². The summed E-state index contributed by atoms with van der Waals surface area (Å²) >= 11 is 5.87. The van der Waals surface area contributed by atoms with Crippen molar-refractivity contribution in [1.82, 2.24) is 10.2 Å². The molecular weight excluding hydrogens is 310 g/mol. The van der Waals surface area contributed by atoms with Gasteiger partial charge in [-0.15, -0.1) is 0 Å². The van der Waals surface area contributed by atoms with Gasteiger partial charge in [-0.05, 0) is 54.6 Å². The molecule has 3 N–H and O–H groups in total. The van der Waals surface area contributed by atoms with E-state index in [1.54, 1.807) is 30.3 Å². The predicted molar refractivity (Wildman–Crippen MR) is 93.3 cm³/mol. The van der Waals surface area contributed by atoms with Crippen LogP contribution in [0.1, 0.15) is 16.1 Å². The van der Waals surface area contributed by atoms with Gasteiger partial charge < -0.3 is 5.73 Å². The third-order valence-corrected chi connectivity index (χ3v) is 3.60. The number of allylic oxidation sites excluding steroid dienone is 1. The molecule has 0 saturated heterocycles. The zero-order chi connectivity index (χ0) is 16.2. The van der Waals surface area contributed by atoms with E-state index in [-0.39, 0.29) is 5.78 Å². The molecule has 0 aliphatic carbocycles. The van der Waals surface area contributed by atoms with Crippen LogP contribution in [0.2, 0.25) is 5.02 Å². The number of nitrogens with one attached hydrogen (secondary N) is 1. The number of carbonyl (C=O) groups is 1. The number of H-pyrrole nitrogens is 1. The number of nitrogens with two attached hydrogens (primary N) is 1. The van der Waals surface area contributed by atoms with Crippen LogP contribution < -0.4 is 5.73 Å². The SMILES string of the molecule is Nc1ccc(C(=O)C=Cc2cc(-c3ccc(Cl)cc3)n[nH]2)cc1. The maximum absolute atomic E-state index is 12.1. The molecule has 0 spiro atoms. The zero-order valence-corrected chi connectivity index (χ0v) is 12.9. The molecule has 0 aliphatic heterocycles. The summed E-state index contributed by atoms with van der Waals surface area (Å²) in [6.07, 6.45) is 3.20. The smallest absolute Gasteiger partial charge is 0.185 e. The molecule has 3 rings (SSSR count). The average molecular weight is 324 g/mol. The summed E-state index contributed by atoms with van der Waals surface area (Å²) < 4.78 is 0. The molecule has 0 amide bonds. The highest BCUT2D eigenvalue weighted by Gasteiger charge is 2.04. The van der Waals surface area contributed by atoms with Crippen molar-refractivity contribution in [1.29, 1.82) is 0 Å².